The van der Waals surface area contributed by atoms with E-state index in [0.29, 0.717) is 6.20 Å². The number of nitrogen functional groups attached to an aromatic ring is 1. The Morgan fingerprint density at radius 2 is 2.12 bits per heavy atom. The van der Waals surface area contributed by atoms with Gasteiger partial charge in [0.1, 0.15) is 0 Å². The van der Waals surface area contributed by atoms with Crippen LogP contribution in [-0.4, -0.2) is 24.4 Å². The topological polar surface area (TPSA) is 74.4 Å². The molecule has 0 bridgehead atoms. The van der Waals surface area contributed by atoms with Gasteiger partial charge in [0.15, 0.2) is 11.4 Å². The highest BCUT2D eigenvalue weighted by Crippen LogP contribution is 2.27. The number of nitrogens with two attached hydrogens (primary N) is 1. The number of nitrogens with zero attached hydrogens (tertiary/aromatic N) is 1. The largest absolute Gasteiger partial charge is 0.573 e. The van der Waals surface area contributed by atoms with Crippen LogP contribution in [0.5, 0.6) is 5.75 Å². The minimum Gasteiger partial charge on any atom is -0.464 e. The van der Waals surface area contributed by atoms with Gasteiger partial charge in [0.05, 0.1) is 19.0 Å². The molecule has 1 heterocycles. The van der Waals surface area contributed by atoms with Crippen LogP contribution in [0.25, 0.3) is 0 Å². The highest BCUT2D eigenvalue weighted by atomic mass is 19.4. The molecule has 0 aromatic carbocycles. The van der Waals surface area contributed by atoms with Gasteiger partial charge in [-0.2, -0.15) is 0 Å². The van der Waals surface area contributed by atoms with Gasteiger partial charge in [0.25, 0.3) is 0 Å². The molecule has 1 aromatic rings. The molecular weight excluding hydrogens is 229 g/mol. The highest BCUT2D eigenvalue weighted by Gasteiger charge is 2.32. The summed E-state index contributed by atoms with van der Waals surface area (Å²) >= 11 is 0. The first-order valence-corrected chi connectivity index (χ1v) is 3.93. The summed E-state index contributed by atoms with van der Waals surface area (Å²) in [4.78, 5) is 14.4. The van der Waals surface area contributed by atoms with Crippen molar-refractivity contribution >= 4 is 11.7 Å². The zero-order valence-electron chi connectivity index (χ0n) is 8.04. The normalized spacial score (nSPS) is 11.0. The van der Waals surface area contributed by atoms with Crippen LogP contribution in [0.3, 0.4) is 0 Å². The lowest BCUT2D eigenvalue weighted by molar-refractivity contribution is -0.274. The molecule has 8 heteroatoms. The van der Waals surface area contributed by atoms with Gasteiger partial charge in [-0.25, -0.2) is 9.78 Å². The number of pyridine rings is 1. The molecule has 2 N–H and O–H groups in total. The van der Waals surface area contributed by atoms with Crippen LogP contribution in [0, 0.1) is 0 Å². The van der Waals surface area contributed by atoms with Crippen molar-refractivity contribution in [1.29, 1.82) is 0 Å². The van der Waals surface area contributed by atoms with Gasteiger partial charge in [0, 0.05) is 0 Å². The lowest BCUT2D eigenvalue weighted by Crippen LogP contribution is -2.18. The van der Waals surface area contributed by atoms with E-state index in [-0.39, 0.29) is 11.4 Å². The van der Waals surface area contributed by atoms with E-state index in [1.54, 1.807) is 0 Å². The van der Waals surface area contributed by atoms with Gasteiger partial charge in [-0.05, 0) is 6.07 Å². The second-order valence-corrected chi connectivity index (χ2v) is 2.65. The molecule has 0 fully saturated rings. The fraction of sp³-hybridized carbons (Fsp3) is 0.250. The number of halogens is 3. The van der Waals surface area contributed by atoms with Gasteiger partial charge in [-0.1, -0.05) is 0 Å². The number of rotatable bonds is 2. The molecule has 0 unspecified atom stereocenters. The van der Waals surface area contributed by atoms with Gasteiger partial charge in [-0.15, -0.1) is 13.2 Å². The number of hydrogen-bond donors (Lipinski definition) is 1. The Balaban J connectivity index is 2.96. The minimum atomic E-state index is -4.86. The van der Waals surface area contributed by atoms with Crippen molar-refractivity contribution in [3.05, 3.63) is 18.0 Å². The van der Waals surface area contributed by atoms with E-state index in [9.17, 15) is 18.0 Å². The van der Waals surface area contributed by atoms with Crippen LogP contribution < -0.4 is 10.5 Å². The maximum atomic E-state index is 11.8. The summed E-state index contributed by atoms with van der Waals surface area (Å²) in [5, 5.41) is 0. The molecule has 0 saturated carbocycles. The first kappa shape index (κ1) is 12.1. The van der Waals surface area contributed by atoms with E-state index >= 15 is 0 Å². The molecule has 0 saturated heterocycles. The maximum Gasteiger partial charge on any atom is 0.573 e. The SMILES string of the molecule is COC(=O)c1cc(N)c(OC(F)(F)F)cn1. The smallest absolute Gasteiger partial charge is 0.464 e. The van der Waals surface area contributed by atoms with Crippen molar-refractivity contribution in [2.24, 2.45) is 0 Å². The standard InChI is InChI=1S/C8H7F3N2O3/c1-15-7(14)5-2-4(12)6(3-13-5)16-8(9,10)11/h2-3H,1H3,(H2,12,13). The van der Waals surface area contributed by atoms with Crippen molar-refractivity contribution in [2.75, 3.05) is 12.8 Å². The molecular formula is C8H7F3N2O3. The molecule has 1 rings (SSSR count). The first-order chi connectivity index (χ1) is 7.33. The molecule has 1 aromatic heterocycles. The van der Waals surface area contributed by atoms with E-state index in [1.165, 1.54) is 0 Å². The molecule has 5 nitrogen and oxygen atoms in total. The zero-order chi connectivity index (χ0) is 12.3. The number of carbonyl (C=O) groups excluding carboxylic acids is 1. The summed E-state index contributed by atoms with van der Waals surface area (Å²) in [5.74, 6) is -1.47. The average Bonchev–Trinajstić information content (AvgIpc) is 2.18. The minimum absolute atomic E-state index is 0.200. The monoisotopic (exact) mass is 236 g/mol. The van der Waals surface area contributed by atoms with Gasteiger partial charge in [-0.3, -0.25) is 0 Å². The highest BCUT2D eigenvalue weighted by molar-refractivity contribution is 5.88. The molecule has 0 aliphatic rings. The lowest BCUT2D eigenvalue weighted by Gasteiger charge is -2.10. The lowest BCUT2D eigenvalue weighted by atomic mass is 10.3. The van der Waals surface area contributed by atoms with E-state index in [2.05, 4.69) is 14.5 Å². The number of esters is 1. The van der Waals surface area contributed by atoms with E-state index in [4.69, 9.17) is 5.73 Å². The molecule has 0 aliphatic heterocycles. The van der Waals surface area contributed by atoms with Crippen molar-refractivity contribution in [1.82, 2.24) is 4.98 Å². The summed E-state index contributed by atoms with van der Waals surface area (Å²) < 4.78 is 43.4. The Kier molecular flexibility index (Phi) is 3.21. The molecule has 0 aliphatic carbocycles. The summed E-state index contributed by atoms with van der Waals surface area (Å²) in [6, 6.07) is 0.937. The van der Waals surface area contributed by atoms with Crippen LogP contribution in [0.1, 0.15) is 10.5 Å². The van der Waals surface area contributed by atoms with E-state index < -0.39 is 18.1 Å². The second-order valence-electron chi connectivity index (χ2n) is 2.65. The number of carbonyl (C=O) groups is 1. The summed E-state index contributed by atoms with van der Waals surface area (Å²) in [6.07, 6.45) is -4.16. The number of hydrogen-bond acceptors (Lipinski definition) is 5. The quantitative estimate of drug-likeness (QED) is 0.784. The third-order valence-corrected chi connectivity index (χ3v) is 1.52. The van der Waals surface area contributed by atoms with Crippen LogP contribution in [0.2, 0.25) is 0 Å². The summed E-state index contributed by atoms with van der Waals surface area (Å²) in [7, 11) is 1.11. The van der Waals surface area contributed by atoms with Crippen molar-refractivity contribution in [2.45, 2.75) is 6.36 Å². The van der Waals surface area contributed by atoms with Crippen LogP contribution in [0.4, 0.5) is 18.9 Å². The van der Waals surface area contributed by atoms with Crippen molar-refractivity contribution in [3.63, 3.8) is 0 Å². The Morgan fingerprint density at radius 1 is 1.50 bits per heavy atom. The molecule has 0 radical (unpaired) electrons. The van der Waals surface area contributed by atoms with Crippen molar-refractivity contribution in [3.8, 4) is 5.75 Å². The van der Waals surface area contributed by atoms with E-state index in [1.807, 2.05) is 0 Å². The first-order valence-electron chi connectivity index (χ1n) is 3.93. The third-order valence-electron chi connectivity index (χ3n) is 1.52. The molecule has 16 heavy (non-hydrogen) atoms. The maximum absolute atomic E-state index is 11.8. The van der Waals surface area contributed by atoms with Crippen LogP contribution >= 0.6 is 0 Å². The fourth-order valence-electron chi connectivity index (χ4n) is 0.885. The summed E-state index contributed by atoms with van der Waals surface area (Å²) in [5.41, 5.74) is 4.69. The third kappa shape index (κ3) is 3.01. The number of anilines is 1. The van der Waals surface area contributed by atoms with Gasteiger partial charge >= 0.3 is 12.3 Å². The Hall–Kier alpha value is -1.99. The molecule has 0 amide bonds. The molecule has 0 atom stereocenters. The zero-order valence-corrected chi connectivity index (χ0v) is 8.04. The van der Waals surface area contributed by atoms with Gasteiger partial charge < -0.3 is 15.2 Å². The average molecular weight is 236 g/mol. The Labute approximate surface area is 88.0 Å². The summed E-state index contributed by atoms with van der Waals surface area (Å²) in [6.45, 7) is 0. The van der Waals surface area contributed by atoms with Crippen molar-refractivity contribution < 1.29 is 27.4 Å². The second kappa shape index (κ2) is 4.25. The Bertz CT molecular complexity index is 406. The number of methoxy groups -OCH3 is 1. The number of ether oxygens (including phenoxy) is 2. The van der Waals surface area contributed by atoms with E-state index in [0.717, 1.165) is 13.2 Å². The number of aromatic nitrogens is 1. The molecule has 88 valence electrons. The van der Waals surface area contributed by atoms with Gasteiger partial charge in [0.2, 0.25) is 0 Å². The molecule has 0 spiro atoms. The van der Waals surface area contributed by atoms with Crippen LogP contribution in [-0.2, 0) is 4.74 Å². The van der Waals surface area contributed by atoms with Crippen LogP contribution in [0.15, 0.2) is 12.3 Å². The predicted molar refractivity (Wildman–Crippen MR) is 46.7 cm³/mol. The predicted octanol–water partition coefficient (Wildman–Crippen LogP) is 1.35. The number of alkyl halides is 3. The Morgan fingerprint density at radius 3 is 2.56 bits per heavy atom. The fourth-order valence-corrected chi connectivity index (χ4v) is 0.885.